The van der Waals surface area contributed by atoms with Gasteiger partial charge >= 0.3 is 35.7 Å². The summed E-state index contributed by atoms with van der Waals surface area (Å²) in [5.74, 6) is -2.53. The van der Waals surface area contributed by atoms with E-state index in [-0.39, 0.29) is 45.8 Å². The summed E-state index contributed by atoms with van der Waals surface area (Å²) >= 11 is 0. The van der Waals surface area contributed by atoms with Crippen LogP contribution in [0.4, 0.5) is 13.2 Å². The van der Waals surface area contributed by atoms with Crippen LogP contribution in [-0.2, 0) is 25.8 Å². The first-order valence-corrected chi connectivity index (χ1v) is 10.1. The average molecular weight is 467 g/mol. The molecule has 162 valence electrons. The first-order valence-electron chi connectivity index (χ1n) is 8.63. The van der Waals surface area contributed by atoms with E-state index in [1.54, 1.807) is 10.8 Å². The fourth-order valence-corrected chi connectivity index (χ4v) is 3.35. The van der Waals surface area contributed by atoms with E-state index in [9.17, 15) is 36.3 Å². The second-order valence-electron chi connectivity index (χ2n) is 6.07. The van der Waals surface area contributed by atoms with Gasteiger partial charge in [-0.25, -0.2) is 17.8 Å². The molecule has 1 aromatic carbocycles. The third-order valence-electron chi connectivity index (χ3n) is 3.75. The number of halogens is 3. The number of alkyl halides is 3. The predicted molar refractivity (Wildman–Crippen MR) is 97.5 cm³/mol. The van der Waals surface area contributed by atoms with Crippen LogP contribution < -0.4 is 39.4 Å². The Labute approximate surface area is 198 Å². The second-order valence-corrected chi connectivity index (χ2v) is 7.75. The Morgan fingerprint density at radius 2 is 1.81 bits per heavy atom. The molecule has 0 fully saturated rings. The van der Waals surface area contributed by atoms with Crippen LogP contribution in [0.2, 0.25) is 0 Å². The smallest absolute Gasteiger partial charge is 0.550 e. The van der Waals surface area contributed by atoms with Crippen LogP contribution in [0.15, 0.2) is 41.3 Å². The largest absolute Gasteiger partial charge is 1.00 e. The van der Waals surface area contributed by atoms with E-state index in [1.165, 1.54) is 18.2 Å². The molecule has 0 aliphatic carbocycles. The average Bonchev–Trinajstić information content (AvgIpc) is 3.09. The number of carboxylic acid groups (broad SMARTS) is 1. The Bertz CT molecular complexity index is 1060. The number of nitrogens with zero attached hydrogens (tertiary/aromatic N) is 2. The number of rotatable bonds is 8. The zero-order valence-corrected chi connectivity index (χ0v) is 19.5. The minimum absolute atomic E-state index is 0. The minimum atomic E-state index is -4.65. The van der Waals surface area contributed by atoms with E-state index in [1.807, 2.05) is 6.92 Å². The maximum atomic E-state index is 13.0. The Hall–Kier alpha value is -2.15. The van der Waals surface area contributed by atoms with Gasteiger partial charge in [0.15, 0.2) is 5.69 Å². The molecule has 1 heterocycles. The van der Waals surface area contributed by atoms with Gasteiger partial charge in [0.1, 0.15) is 0 Å². The van der Waals surface area contributed by atoms with Gasteiger partial charge < -0.3 is 9.90 Å². The van der Waals surface area contributed by atoms with Gasteiger partial charge in [-0.15, -0.1) is 0 Å². The van der Waals surface area contributed by atoms with E-state index in [0.717, 1.165) is 22.9 Å². The Balaban J connectivity index is 0.00000480. The van der Waals surface area contributed by atoms with Crippen molar-refractivity contribution in [2.75, 3.05) is 0 Å². The van der Waals surface area contributed by atoms with Crippen LogP contribution in [0.1, 0.15) is 37.6 Å². The molecule has 0 spiro atoms. The molecular weight excluding hydrogens is 450 g/mol. The van der Waals surface area contributed by atoms with Crippen molar-refractivity contribution in [2.24, 2.45) is 0 Å². The monoisotopic (exact) mass is 467 g/mol. The molecule has 1 amide bonds. The summed E-state index contributed by atoms with van der Waals surface area (Å²) in [6, 6.07) is 5.51. The molecule has 13 heteroatoms. The second kappa shape index (κ2) is 10.9. The first-order chi connectivity index (χ1) is 13.9. The SMILES string of the molecule is CC/C=C/c1cc(C(F)(F)F)nn1-c1ccc(S(=O)(=O)NC(=O)CCC(=O)[O-])cc1.[Na+]. The van der Waals surface area contributed by atoms with E-state index in [2.05, 4.69) is 5.10 Å². The van der Waals surface area contributed by atoms with Gasteiger partial charge in [0, 0.05) is 12.4 Å². The molecule has 0 aliphatic rings. The summed E-state index contributed by atoms with van der Waals surface area (Å²) in [7, 11) is -4.29. The minimum Gasteiger partial charge on any atom is -0.550 e. The summed E-state index contributed by atoms with van der Waals surface area (Å²) in [5.41, 5.74) is -0.783. The normalized spacial score (nSPS) is 11.9. The Kier molecular flexibility index (Phi) is 9.48. The number of sulfonamides is 1. The van der Waals surface area contributed by atoms with E-state index in [4.69, 9.17) is 0 Å². The summed E-state index contributed by atoms with van der Waals surface area (Å²) in [6.45, 7) is 1.81. The molecule has 0 unspecified atom stereocenters. The fraction of sp³-hybridized carbons (Fsp3) is 0.278. The number of amides is 1. The van der Waals surface area contributed by atoms with Gasteiger partial charge in [0.05, 0.1) is 16.3 Å². The molecule has 8 nitrogen and oxygen atoms in total. The topological polar surface area (TPSA) is 121 Å². The van der Waals surface area contributed by atoms with Crippen molar-refractivity contribution in [1.82, 2.24) is 14.5 Å². The van der Waals surface area contributed by atoms with E-state index >= 15 is 0 Å². The molecule has 0 atom stereocenters. The van der Waals surface area contributed by atoms with Crippen molar-refractivity contribution in [3.63, 3.8) is 0 Å². The molecule has 31 heavy (non-hydrogen) atoms. The maximum Gasteiger partial charge on any atom is 1.00 e. The quantitative estimate of drug-likeness (QED) is 0.480. The number of nitrogens with one attached hydrogen (secondary N) is 1. The number of carbonyl (C=O) groups excluding carboxylic acids is 2. The van der Waals surface area contributed by atoms with Crippen LogP contribution in [0.25, 0.3) is 11.8 Å². The molecule has 2 aromatic rings. The number of carboxylic acids is 1. The molecule has 0 saturated heterocycles. The zero-order chi connectivity index (χ0) is 22.5. The van der Waals surface area contributed by atoms with Crippen molar-refractivity contribution < 1.29 is 65.8 Å². The number of aliphatic carboxylic acids is 1. The maximum absolute atomic E-state index is 13.0. The van der Waals surface area contributed by atoms with Crippen molar-refractivity contribution >= 4 is 28.0 Å². The van der Waals surface area contributed by atoms with Gasteiger partial charge in [-0.3, -0.25) is 4.79 Å². The molecule has 2 rings (SSSR count). The van der Waals surface area contributed by atoms with E-state index < -0.39 is 46.6 Å². The molecule has 0 bridgehead atoms. The Morgan fingerprint density at radius 1 is 1.19 bits per heavy atom. The van der Waals surface area contributed by atoms with Crippen LogP contribution in [0.3, 0.4) is 0 Å². The standard InChI is InChI=1S/C18H18F3N3O5S.Na/c1-2-3-4-13-11-15(18(19,20)21)22-24(13)12-5-7-14(8-6-12)30(28,29)23-16(25)9-10-17(26)27;/h3-8,11H,2,9-10H2,1H3,(H,23,25)(H,26,27);/q;+1/p-1/b4-3+;. The zero-order valence-electron chi connectivity index (χ0n) is 16.6. The molecule has 1 aromatic heterocycles. The van der Waals surface area contributed by atoms with Crippen LogP contribution in [0.5, 0.6) is 0 Å². The number of benzene rings is 1. The van der Waals surface area contributed by atoms with Gasteiger partial charge in [-0.05, 0) is 49.2 Å². The Morgan fingerprint density at radius 3 is 2.32 bits per heavy atom. The molecule has 0 aliphatic heterocycles. The van der Waals surface area contributed by atoms with Gasteiger partial charge in [-0.1, -0.05) is 13.0 Å². The van der Waals surface area contributed by atoms with Gasteiger partial charge in [0.2, 0.25) is 5.91 Å². The number of allylic oxidation sites excluding steroid dienone is 1. The first kappa shape index (κ1) is 26.9. The van der Waals surface area contributed by atoms with E-state index in [0.29, 0.717) is 6.42 Å². The number of hydrogen-bond acceptors (Lipinski definition) is 6. The van der Waals surface area contributed by atoms with Gasteiger partial charge in [0.25, 0.3) is 10.0 Å². The van der Waals surface area contributed by atoms with Crippen LogP contribution in [0, 0.1) is 0 Å². The summed E-state index contributed by atoms with van der Waals surface area (Å²) in [6.07, 6.45) is -2.19. The van der Waals surface area contributed by atoms with Crippen molar-refractivity contribution in [1.29, 1.82) is 0 Å². The molecule has 0 radical (unpaired) electrons. The molecular formula is C18H17F3N3NaO5S. The summed E-state index contributed by atoms with van der Waals surface area (Å²) in [5, 5.41) is 13.9. The van der Waals surface area contributed by atoms with Crippen molar-refractivity contribution in [3.8, 4) is 5.69 Å². The summed E-state index contributed by atoms with van der Waals surface area (Å²) in [4.78, 5) is 21.6. The van der Waals surface area contributed by atoms with Crippen LogP contribution in [-0.4, -0.2) is 30.1 Å². The number of aromatic nitrogens is 2. The third-order valence-corrected chi connectivity index (χ3v) is 5.14. The third kappa shape index (κ3) is 7.49. The number of carbonyl (C=O) groups is 2. The predicted octanol–water partition coefficient (Wildman–Crippen LogP) is -1.35. The summed E-state index contributed by atoms with van der Waals surface area (Å²) < 4.78 is 66.2. The number of hydrogen-bond donors (Lipinski definition) is 1. The van der Waals surface area contributed by atoms with Gasteiger partial charge in [-0.2, -0.15) is 18.3 Å². The molecule has 0 saturated carbocycles. The van der Waals surface area contributed by atoms with Crippen molar-refractivity contribution in [2.45, 2.75) is 37.3 Å². The van der Waals surface area contributed by atoms with Crippen LogP contribution >= 0.6 is 0 Å². The van der Waals surface area contributed by atoms with Crippen molar-refractivity contribution in [3.05, 3.63) is 47.8 Å². The molecule has 1 N–H and O–H groups in total. The fourth-order valence-electron chi connectivity index (χ4n) is 2.34.